The summed E-state index contributed by atoms with van der Waals surface area (Å²) >= 11 is 0. The van der Waals surface area contributed by atoms with Crippen molar-refractivity contribution >= 4 is 46.6 Å². The van der Waals surface area contributed by atoms with Gasteiger partial charge >= 0.3 is 0 Å². The number of fused-ring (bicyclic) bond motifs is 4. The first-order valence-electron chi connectivity index (χ1n) is 18.1. The van der Waals surface area contributed by atoms with Crippen molar-refractivity contribution < 1.29 is 24.5 Å². The fourth-order valence-electron chi connectivity index (χ4n) is 7.12. The molecule has 265 valence electrons. The quantitative estimate of drug-likeness (QED) is 0.118. The van der Waals surface area contributed by atoms with Crippen molar-refractivity contribution in [1.82, 2.24) is 4.98 Å². The van der Waals surface area contributed by atoms with Gasteiger partial charge in [-0.25, -0.2) is 0 Å². The number of nitrogens with zero attached hydrogens (tertiary/aromatic N) is 2. The van der Waals surface area contributed by atoms with Gasteiger partial charge in [0, 0.05) is 37.6 Å². The average molecular weight is 875 g/mol. The second-order valence-corrected chi connectivity index (χ2v) is 20.4. The van der Waals surface area contributed by atoms with E-state index >= 15 is 0 Å². The van der Waals surface area contributed by atoms with E-state index in [0.717, 1.165) is 50.2 Å². The van der Waals surface area contributed by atoms with E-state index in [2.05, 4.69) is 138 Å². The monoisotopic (exact) mass is 875 g/mol. The predicted molar refractivity (Wildman–Crippen MR) is 217 cm³/mol. The zero-order chi connectivity index (χ0) is 35.8. The van der Waals surface area contributed by atoms with Crippen molar-refractivity contribution in [2.75, 3.05) is 0 Å². The molecular weight excluding hydrogens is 829 g/mol. The summed E-state index contributed by atoms with van der Waals surface area (Å²) in [6.07, 6.45) is 3.31. The molecule has 2 unspecified atom stereocenters. The van der Waals surface area contributed by atoms with E-state index in [-0.39, 0.29) is 31.4 Å². The molecule has 0 aliphatic carbocycles. The van der Waals surface area contributed by atoms with E-state index in [9.17, 15) is 0 Å². The van der Waals surface area contributed by atoms with Crippen LogP contribution in [0.1, 0.15) is 68.2 Å². The summed E-state index contributed by atoms with van der Waals surface area (Å²) in [6, 6.07) is 48.3. The maximum Gasteiger partial charge on any atom is 0.120 e. The number of pyridine rings is 1. The summed E-state index contributed by atoms with van der Waals surface area (Å²) in [5.41, 5.74) is 11.1. The van der Waals surface area contributed by atoms with Crippen LogP contribution < -0.4 is 5.19 Å². The summed E-state index contributed by atoms with van der Waals surface area (Å²) < 4.78 is 6.27. The smallest absolute Gasteiger partial charge is 0.120 e. The zero-order valence-electron chi connectivity index (χ0n) is 31.1. The van der Waals surface area contributed by atoms with Crippen molar-refractivity contribution in [3.63, 3.8) is 0 Å². The standard InChI is InChI=1S/C26H16NO.C21H30NSi.Ir/c1-2-9-17(10-3-1)24-20-12-4-6-15-22(20)27-25(24)21-14-8-13-19-18-11-5-7-16-23(18)28-26(19)21;1-8-21(3,4)16(2)18-14-19(17-12-10-9-11-13-17)22-15-20(18)23(5,6)7;/h1-13,15-16,24H;9-12,14-16H,8H2,1-7H3;/q2*-1;. The molecule has 5 aromatic carbocycles. The number of para-hydroxylation sites is 2. The number of hydrogen-bond donors (Lipinski definition) is 0. The number of aliphatic imine (C=N–C) groups is 1. The van der Waals surface area contributed by atoms with Crippen molar-refractivity contribution in [3.8, 4) is 11.3 Å². The largest absolute Gasteiger partial charge is 0.501 e. The SMILES string of the molecule is CCC(C)(C)C(C)c1cc(-c2[c-]cccc2)ncc1[Si](C)(C)C.[Ir].[c-]1ccc2c(oc3ccccc32)c1C1=Nc2ccccc2C1c1ccccc1. The third kappa shape index (κ3) is 7.28. The van der Waals surface area contributed by atoms with Crippen molar-refractivity contribution in [2.45, 2.75) is 65.6 Å². The number of aromatic nitrogens is 1. The van der Waals surface area contributed by atoms with Crippen LogP contribution in [0.3, 0.4) is 0 Å². The van der Waals surface area contributed by atoms with Gasteiger partial charge in [0.1, 0.15) is 5.58 Å². The molecule has 0 saturated heterocycles. The van der Waals surface area contributed by atoms with E-state index in [0.29, 0.717) is 5.92 Å². The maximum absolute atomic E-state index is 6.27. The number of furan rings is 1. The normalized spacial score (nSPS) is 14.6. The van der Waals surface area contributed by atoms with Crippen LogP contribution in [-0.2, 0) is 20.1 Å². The van der Waals surface area contributed by atoms with Crippen molar-refractivity contribution in [3.05, 3.63) is 162 Å². The minimum absolute atomic E-state index is 0. The average Bonchev–Trinajstić information content (AvgIpc) is 3.74. The molecule has 0 bridgehead atoms. The van der Waals surface area contributed by atoms with Crippen LogP contribution in [0.25, 0.3) is 33.2 Å². The number of hydrogen-bond acceptors (Lipinski definition) is 3. The van der Waals surface area contributed by atoms with Gasteiger partial charge in [-0.1, -0.05) is 143 Å². The minimum atomic E-state index is -1.43. The molecule has 2 atom stereocenters. The van der Waals surface area contributed by atoms with E-state index in [1.54, 1.807) is 0 Å². The number of benzene rings is 5. The molecule has 0 saturated carbocycles. The van der Waals surface area contributed by atoms with Gasteiger partial charge in [-0.05, 0) is 51.2 Å². The first-order valence-corrected chi connectivity index (χ1v) is 21.6. The third-order valence-corrected chi connectivity index (χ3v) is 12.8. The maximum atomic E-state index is 6.27. The second kappa shape index (κ2) is 15.3. The Morgan fingerprint density at radius 3 is 2.25 bits per heavy atom. The molecule has 1 aliphatic heterocycles. The first kappa shape index (κ1) is 37.3. The molecular formula is C47H46IrN2OSi-2. The van der Waals surface area contributed by atoms with Gasteiger partial charge in [0.15, 0.2) is 0 Å². The van der Waals surface area contributed by atoms with Gasteiger partial charge in [0.2, 0.25) is 0 Å². The molecule has 5 heteroatoms. The van der Waals surface area contributed by atoms with Crippen molar-refractivity contribution in [2.24, 2.45) is 10.4 Å². The van der Waals surface area contributed by atoms with E-state index in [1.807, 2.05) is 48.5 Å². The van der Waals surface area contributed by atoms with Gasteiger partial charge in [-0.3, -0.25) is 4.99 Å². The predicted octanol–water partition coefficient (Wildman–Crippen LogP) is 12.3. The first-order chi connectivity index (χ1) is 24.6. The summed E-state index contributed by atoms with van der Waals surface area (Å²) in [6.45, 7) is 16.6. The Morgan fingerprint density at radius 2 is 1.52 bits per heavy atom. The molecule has 0 N–H and O–H groups in total. The Hall–Kier alpha value is -4.41. The molecule has 52 heavy (non-hydrogen) atoms. The summed E-state index contributed by atoms with van der Waals surface area (Å²) in [5.74, 6) is 0.590. The Labute approximate surface area is 323 Å². The molecule has 7 aromatic rings. The zero-order valence-corrected chi connectivity index (χ0v) is 34.5. The van der Waals surface area contributed by atoms with Gasteiger partial charge in [-0.2, -0.15) is 0 Å². The van der Waals surface area contributed by atoms with E-state index in [1.165, 1.54) is 28.3 Å². The van der Waals surface area contributed by atoms with E-state index < -0.39 is 8.07 Å². The van der Waals surface area contributed by atoms with Crippen LogP contribution in [0, 0.1) is 17.5 Å². The van der Waals surface area contributed by atoms with Crippen molar-refractivity contribution in [1.29, 1.82) is 0 Å². The van der Waals surface area contributed by atoms with Crippen LogP contribution in [0.4, 0.5) is 5.69 Å². The van der Waals surface area contributed by atoms with Gasteiger partial charge in [0.05, 0.1) is 19.3 Å². The summed E-state index contributed by atoms with van der Waals surface area (Å²) in [4.78, 5) is 9.80. The minimum Gasteiger partial charge on any atom is -0.501 e. The summed E-state index contributed by atoms with van der Waals surface area (Å²) in [7, 11) is -1.43. The van der Waals surface area contributed by atoms with Gasteiger partial charge < -0.3 is 9.40 Å². The molecule has 1 aliphatic rings. The topological polar surface area (TPSA) is 38.4 Å². The van der Waals surface area contributed by atoms with Crippen LogP contribution in [-0.4, -0.2) is 18.8 Å². The van der Waals surface area contributed by atoms with Crippen LogP contribution in [0.5, 0.6) is 0 Å². The van der Waals surface area contributed by atoms with E-state index in [4.69, 9.17) is 14.4 Å². The van der Waals surface area contributed by atoms with Crippen LogP contribution in [0.2, 0.25) is 19.6 Å². The molecule has 0 spiro atoms. The molecule has 2 aromatic heterocycles. The fraction of sp³-hybridized carbons (Fsp3) is 0.234. The Bertz CT molecular complexity index is 2340. The molecule has 0 amide bonds. The Kier molecular flexibility index (Phi) is 11.0. The summed E-state index contributed by atoms with van der Waals surface area (Å²) in [5, 5.41) is 3.72. The Morgan fingerprint density at radius 1 is 0.808 bits per heavy atom. The second-order valence-electron chi connectivity index (χ2n) is 15.3. The van der Waals surface area contributed by atoms with Crippen LogP contribution in [0.15, 0.2) is 137 Å². The number of rotatable bonds is 7. The molecule has 8 rings (SSSR count). The van der Waals surface area contributed by atoms with Gasteiger partial charge in [-0.15, -0.1) is 54.1 Å². The Balaban J connectivity index is 0.000000179. The van der Waals surface area contributed by atoms with Crippen LogP contribution >= 0.6 is 0 Å². The third-order valence-electron chi connectivity index (χ3n) is 10.8. The molecule has 3 heterocycles. The molecule has 3 nitrogen and oxygen atoms in total. The van der Waals surface area contributed by atoms with Gasteiger partial charge in [0.25, 0.3) is 0 Å². The fourth-order valence-corrected chi connectivity index (χ4v) is 8.73. The molecule has 1 radical (unpaired) electrons. The molecule has 0 fully saturated rings.